The Morgan fingerprint density at radius 3 is 1.55 bits per heavy atom. The first-order chi connectivity index (χ1) is 4.95. The average molecular weight is 159 g/mol. The van der Waals surface area contributed by atoms with Crippen LogP contribution < -0.4 is 15.5 Å². The fourth-order valence-electron chi connectivity index (χ4n) is 0.511. The molecule has 0 aromatic rings. The molecule has 0 rings (SSSR count). The number of carboxylic acid groups (broad SMARTS) is 2. The molecule has 0 aromatic heterocycles. The summed E-state index contributed by atoms with van der Waals surface area (Å²) in [4.78, 5) is 20.1. The molecule has 0 fully saturated rings. The predicted molar refractivity (Wildman–Crippen MR) is 32.1 cm³/mol. The van der Waals surface area contributed by atoms with Gasteiger partial charge in [0.15, 0.2) is 0 Å². The summed E-state index contributed by atoms with van der Waals surface area (Å²) >= 11 is 0. The van der Waals surface area contributed by atoms with Gasteiger partial charge in [-0.25, -0.2) is 0 Å². The molecule has 5 nitrogen and oxygen atoms in total. The van der Waals surface area contributed by atoms with Gasteiger partial charge in [0.05, 0.1) is 11.9 Å². The van der Waals surface area contributed by atoms with Crippen LogP contribution in [0.25, 0.3) is 0 Å². The summed E-state index contributed by atoms with van der Waals surface area (Å²) in [5.74, 6) is -2.67. The van der Waals surface area contributed by atoms with Gasteiger partial charge in [0.2, 0.25) is 0 Å². The summed E-state index contributed by atoms with van der Waals surface area (Å²) < 4.78 is 0. The van der Waals surface area contributed by atoms with Gasteiger partial charge in [0, 0.05) is 12.1 Å². The third kappa shape index (κ3) is 3.57. The van der Waals surface area contributed by atoms with Crippen molar-refractivity contribution < 1.29 is 19.8 Å². The Labute approximate surface area is 64.0 Å². The Kier molecular flexibility index (Phi) is 3.53. The molecule has 0 bridgehead atoms. The maximum absolute atomic E-state index is 10.1. The molecule has 0 radical (unpaired) electrons. The molecular weight excluding hydrogens is 150 g/mol. The Morgan fingerprint density at radius 1 is 1.09 bits per heavy atom. The molecule has 0 spiro atoms. The van der Waals surface area contributed by atoms with Gasteiger partial charge in [0.25, 0.3) is 0 Å². The van der Waals surface area contributed by atoms with E-state index in [0.29, 0.717) is 0 Å². The van der Waals surface area contributed by atoms with Crippen molar-refractivity contribution in [1.82, 2.24) is 5.32 Å². The molecular formula is C6H9NO4-2. The van der Waals surface area contributed by atoms with E-state index in [1.54, 1.807) is 0 Å². The highest BCUT2D eigenvalue weighted by atomic mass is 16.4. The minimum Gasteiger partial charge on any atom is -0.548 e. The Morgan fingerprint density at radius 2 is 1.36 bits per heavy atom. The Hall–Kier alpha value is -1.10. The molecule has 0 aliphatic heterocycles. The number of carbonyl (C=O) groups is 2. The van der Waals surface area contributed by atoms with Gasteiger partial charge in [-0.1, -0.05) is 0 Å². The van der Waals surface area contributed by atoms with E-state index >= 15 is 0 Å². The number of rotatable bonds is 4. The third-order valence-electron chi connectivity index (χ3n) is 1.21. The van der Waals surface area contributed by atoms with Crippen LogP contribution in [0.5, 0.6) is 0 Å². The SMILES string of the molecule is C[C@H](N[C@H](C)C(=O)[O-])C(=O)[O-]. The maximum atomic E-state index is 10.1. The van der Waals surface area contributed by atoms with E-state index in [9.17, 15) is 19.8 Å². The molecule has 0 aliphatic carbocycles. The number of carbonyl (C=O) groups excluding carboxylic acids is 2. The van der Waals surface area contributed by atoms with Crippen molar-refractivity contribution in [3.8, 4) is 0 Å². The first kappa shape index (κ1) is 9.90. The highest BCUT2D eigenvalue weighted by Crippen LogP contribution is 1.83. The number of nitrogens with one attached hydrogen (secondary N) is 1. The standard InChI is InChI=1S/C6H11NO4/c1-3(5(8)9)7-4(2)6(10)11/h3-4,7H,1-2H3,(H,8,9)(H,10,11)/p-2/t3-,4+. The van der Waals surface area contributed by atoms with E-state index in [-0.39, 0.29) is 0 Å². The topological polar surface area (TPSA) is 92.3 Å². The van der Waals surface area contributed by atoms with Gasteiger partial charge in [-0.15, -0.1) is 0 Å². The summed E-state index contributed by atoms with van der Waals surface area (Å²) in [5.41, 5.74) is 0. The molecule has 5 heteroatoms. The summed E-state index contributed by atoms with van der Waals surface area (Å²) in [5, 5.41) is 22.4. The molecule has 0 aromatic carbocycles. The van der Waals surface area contributed by atoms with Gasteiger partial charge in [-0.3, -0.25) is 0 Å². The highest BCUT2D eigenvalue weighted by Gasteiger charge is 2.07. The summed E-state index contributed by atoms with van der Waals surface area (Å²) in [6.45, 7) is 2.60. The number of hydrogen-bond donors (Lipinski definition) is 1. The van der Waals surface area contributed by atoms with Crippen molar-refractivity contribution in [2.24, 2.45) is 0 Å². The van der Waals surface area contributed by atoms with Crippen molar-refractivity contribution in [3.63, 3.8) is 0 Å². The third-order valence-corrected chi connectivity index (χ3v) is 1.21. The van der Waals surface area contributed by atoms with Crippen LogP contribution in [0, 0.1) is 0 Å². The molecule has 0 aliphatic rings. The van der Waals surface area contributed by atoms with E-state index in [4.69, 9.17) is 0 Å². The molecule has 2 atom stereocenters. The lowest BCUT2D eigenvalue weighted by Gasteiger charge is -2.20. The Balaban J connectivity index is 3.84. The second-order valence-corrected chi connectivity index (χ2v) is 2.25. The van der Waals surface area contributed by atoms with Crippen LogP contribution in [0.2, 0.25) is 0 Å². The van der Waals surface area contributed by atoms with E-state index in [1.165, 1.54) is 13.8 Å². The van der Waals surface area contributed by atoms with Crippen LogP contribution >= 0.6 is 0 Å². The fraction of sp³-hybridized carbons (Fsp3) is 0.667. The minimum absolute atomic E-state index is 0.983. The molecule has 0 unspecified atom stereocenters. The van der Waals surface area contributed by atoms with Gasteiger partial charge >= 0.3 is 0 Å². The van der Waals surface area contributed by atoms with E-state index in [2.05, 4.69) is 5.32 Å². The van der Waals surface area contributed by atoms with Crippen molar-refractivity contribution in [2.75, 3.05) is 0 Å². The minimum atomic E-state index is -1.34. The second kappa shape index (κ2) is 3.92. The second-order valence-electron chi connectivity index (χ2n) is 2.25. The molecule has 0 saturated heterocycles. The normalized spacial score (nSPS) is 15.5. The van der Waals surface area contributed by atoms with Crippen molar-refractivity contribution in [1.29, 1.82) is 0 Å². The zero-order chi connectivity index (χ0) is 9.02. The quantitative estimate of drug-likeness (QED) is 0.467. The van der Waals surface area contributed by atoms with Gasteiger partial charge in [-0.2, -0.15) is 0 Å². The number of aliphatic carboxylic acids is 2. The lowest BCUT2D eigenvalue weighted by atomic mass is 10.2. The highest BCUT2D eigenvalue weighted by molar-refractivity contribution is 5.74. The molecule has 0 amide bonds. The van der Waals surface area contributed by atoms with Crippen LogP contribution in [0.1, 0.15) is 13.8 Å². The van der Waals surface area contributed by atoms with Crippen molar-refractivity contribution in [3.05, 3.63) is 0 Å². The molecule has 0 heterocycles. The van der Waals surface area contributed by atoms with Gasteiger partial charge < -0.3 is 25.1 Å². The van der Waals surface area contributed by atoms with Gasteiger partial charge in [0.1, 0.15) is 0 Å². The first-order valence-corrected chi connectivity index (χ1v) is 3.13. The summed E-state index contributed by atoms with van der Waals surface area (Å²) in [7, 11) is 0. The molecule has 64 valence electrons. The first-order valence-electron chi connectivity index (χ1n) is 3.13. The number of carboxylic acids is 2. The molecule has 1 N–H and O–H groups in total. The van der Waals surface area contributed by atoms with Crippen LogP contribution in [-0.2, 0) is 9.59 Å². The lowest BCUT2D eigenvalue weighted by molar-refractivity contribution is -0.311. The molecule has 11 heavy (non-hydrogen) atoms. The van der Waals surface area contributed by atoms with Crippen LogP contribution in [0.4, 0.5) is 0 Å². The van der Waals surface area contributed by atoms with Crippen molar-refractivity contribution in [2.45, 2.75) is 25.9 Å². The van der Waals surface area contributed by atoms with Gasteiger partial charge in [-0.05, 0) is 13.8 Å². The van der Waals surface area contributed by atoms with E-state index in [1.807, 2.05) is 0 Å². The summed E-state index contributed by atoms with van der Waals surface area (Å²) in [6.07, 6.45) is 0. The fourth-order valence-corrected chi connectivity index (χ4v) is 0.511. The predicted octanol–water partition coefficient (Wildman–Crippen LogP) is -3.15. The maximum Gasteiger partial charge on any atom is 0.0581 e. The van der Waals surface area contributed by atoms with Crippen LogP contribution in [0.15, 0.2) is 0 Å². The van der Waals surface area contributed by atoms with Crippen molar-refractivity contribution >= 4 is 11.9 Å². The zero-order valence-corrected chi connectivity index (χ0v) is 6.29. The lowest BCUT2D eigenvalue weighted by Crippen LogP contribution is -2.52. The Bertz CT molecular complexity index is 150. The van der Waals surface area contributed by atoms with Crippen LogP contribution in [-0.4, -0.2) is 24.0 Å². The molecule has 0 saturated carbocycles. The zero-order valence-electron chi connectivity index (χ0n) is 6.29. The monoisotopic (exact) mass is 159 g/mol. The summed E-state index contributed by atoms with van der Waals surface area (Å²) in [6, 6.07) is -1.97. The number of hydrogen-bond acceptors (Lipinski definition) is 5. The van der Waals surface area contributed by atoms with E-state index in [0.717, 1.165) is 0 Å². The van der Waals surface area contributed by atoms with Crippen LogP contribution in [0.3, 0.4) is 0 Å². The smallest absolute Gasteiger partial charge is 0.0581 e. The largest absolute Gasteiger partial charge is 0.548 e. The van der Waals surface area contributed by atoms with E-state index < -0.39 is 24.0 Å². The average Bonchev–Trinajstić information content (AvgIpc) is 1.87.